The fourth-order valence-electron chi connectivity index (χ4n) is 3.77. The van der Waals surface area contributed by atoms with Crippen molar-refractivity contribution in [2.24, 2.45) is 0 Å². The molecule has 0 N–H and O–H groups in total. The second-order valence-corrected chi connectivity index (χ2v) is 14.5. The average Bonchev–Trinajstić information content (AvgIpc) is 2.77. The molecule has 3 heterocycles. The molecule has 3 rings (SSSR count). The van der Waals surface area contributed by atoms with Crippen LogP contribution in [-0.4, -0.2) is 56.7 Å². The fraction of sp³-hybridized carbons (Fsp3) is 0.750. The van der Waals surface area contributed by atoms with Gasteiger partial charge in [0, 0.05) is 24.7 Å². The summed E-state index contributed by atoms with van der Waals surface area (Å²) < 4.78 is 19.0. The Kier molecular flexibility index (Phi) is 5.41. The van der Waals surface area contributed by atoms with Crippen LogP contribution >= 0.6 is 0 Å². The summed E-state index contributed by atoms with van der Waals surface area (Å²) >= 11 is 0. The highest BCUT2D eigenvalue weighted by Gasteiger charge is 2.52. The number of rotatable bonds is 4. The van der Waals surface area contributed by atoms with Crippen LogP contribution in [0.4, 0.5) is 0 Å². The van der Waals surface area contributed by atoms with Gasteiger partial charge in [0.1, 0.15) is 5.60 Å². The Morgan fingerprint density at radius 2 is 1.59 bits per heavy atom. The van der Waals surface area contributed by atoms with Crippen LogP contribution in [0.15, 0.2) is 18.3 Å². The first-order chi connectivity index (χ1) is 12.3. The van der Waals surface area contributed by atoms with Crippen molar-refractivity contribution >= 4 is 20.9 Å². The first-order valence-electron chi connectivity index (χ1n) is 10.0. The molecule has 0 aromatic carbocycles. The van der Waals surface area contributed by atoms with E-state index < -0.39 is 8.32 Å². The molecule has 0 spiro atoms. The maximum absolute atomic E-state index is 6.72. The van der Waals surface area contributed by atoms with Crippen LogP contribution in [-0.2, 0) is 19.3 Å². The minimum atomic E-state index is -1.71. The van der Waals surface area contributed by atoms with Crippen LogP contribution in [0.5, 0.6) is 0 Å². The van der Waals surface area contributed by atoms with Crippen LogP contribution in [0.3, 0.4) is 0 Å². The van der Waals surface area contributed by atoms with Gasteiger partial charge in [-0.25, -0.2) is 0 Å². The van der Waals surface area contributed by atoms with E-state index in [0.29, 0.717) is 0 Å². The van der Waals surface area contributed by atoms with Crippen molar-refractivity contribution in [1.82, 2.24) is 9.88 Å². The molecule has 0 radical (unpaired) electrons. The van der Waals surface area contributed by atoms with Crippen LogP contribution in [0.25, 0.3) is 0 Å². The van der Waals surface area contributed by atoms with E-state index in [1.807, 2.05) is 6.20 Å². The number of hydrogen-bond acceptors (Lipinski definition) is 5. The van der Waals surface area contributed by atoms with Crippen molar-refractivity contribution in [3.63, 3.8) is 0 Å². The second kappa shape index (κ2) is 6.95. The average molecular weight is 390 g/mol. The Balaban J connectivity index is 1.84. The first-order valence-corrected chi connectivity index (χ1v) is 13.5. The number of aromatic nitrogens is 1. The smallest absolute Gasteiger partial charge is 0.406 e. The Morgan fingerprint density at radius 3 is 2.04 bits per heavy atom. The van der Waals surface area contributed by atoms with Gasteiger partial charge >= 0.3 is 7.12 Å². The standard InChI is InChI=1S/C20H35BN2O3Si/c1-18(2)19(3,4)25-21(24-18)16-9-10-17(22-15-16)20(26-27(6,7)8)11-13-23(5)14-12-20/h9-10,15H,11-14H2,1-8H3. The van der Waals surface area contributed by atoms with Gasteiger partial charge in [-0.15, -0.1) is 0 Å². The van der Waals surface area contributed by atoms with Crippen molar-refractivity contribution in [3.8, 4) is 0 Å². The molecule has 0 saturated carbocycles. The van der Waals surface area contributed by atoms with E-state index in [1.165, 1.54) is 0 Å². The molecule has 5 nitrogen and oxygen atoms in total. The highest BCUT2D eigenvalue weighted by atomic mass is 28.4. The summed E-state index contributed by atoms with van der Waals surface area (Å²) in [7, 11) is 0.0945. The van der Waals surface area contributed by atoms with E-state index in [2.05, 4.69) is 71.4 Å². The van der Waals surface area contributed by atoms with E-state index in [-0.39, 0.29) is 23.9 Å². The van der Waals surface area contributed by atoms with E-state index in [9.17, 15) is 0 Å². The molecule has 150 valence electrons. The van der Waals surface area contributed by atoms with E-state index >= 15 is 0 Å². The molecule has 0 atom stereocenters. The Morgan fingerprint density at radius 1 is 1.04 bits per heavy atom. The van der Waals surface area contributed by atoms with E-state index in [4.69, 9.17) is 18.7 Å². The maximum atomic E-state index is 6.72. The summed E-state index contributed by atoms with van der Waals surface area (Å²) in [4.78, 5) is 7.21. The quantitative estimate of drug-likeness (QED) is 0.739. The Labute approximate surface area is 166 Å². The monoisotopic (exact) mass is 390 g/mol. The van der Waals surface area contributed by atoms with Crippen molar-refractivity contribution < 1.29 is 13.7 Å². The normalized spacial score (nSPS) is 25.0. The van der Waals surface area contributed by atoms with Gasteiger partial charge in [0.05, 0.1) is 16.9 Å². The fourth-order valence-corrected chi connectivity index (χ4v) is 5.25. The summed E-state index contributed by atoms with van der Waals surface area (Å²) in [6, 6.07) is 4.21. The lowest BCUT2D eigenvalue weighted by molar-refractivity contribution is -0.00677. The minimum Gasteiger partial charge on any atom is -0.406 e. The molecule has 0 unspecified atom stereocenters. The molecular weight excluding hydrogens is 355 g/mol. The molecule has 0 aliphatic carbocycles. The largest absolute Gasteiger partial charge is 0.496 e. The molecule has 0 bridgehead atoms. The number of nitrogens with zero attached hydrogens (tertiary/aromatic N) is 2. The zero-order valence-electron chi connectivity index (χ0n) is 18.3. The molecule has 27 heavy (non-hydrogen) atoms. The molecule has 2 aliphatic rings. The van der Waals surface area contributed by atoms with Crippen LogP contribution < -0.4 is 5.46 Å². The third kappa shape index (κ3) is 4.32. The Hall–Kier alpha value is -0.728. The minimum absolute atomic E-state index is 0.272. The van der Waals surface area contributed by atoms with Gasteiger partial charge in [-0.1, -0.05) is 6.07 Å². The van der Waals surface area contributed by atoms with Crippen molar-refractivity contribution in [2.45, 2.75) is 77.0 Å². The third-order valence-electron chi connectivity index (χ3n) is 6.07. The molecule has 2 fully saturated rings. The second-order valence-electron chi connectivity index (χ2n) is 10.1. The predicted octanol–water partition coefficient (Wildman–Crippen LogP) is 3.15. The topological polar surface area (TPSA) is 43.8 Å². The molecule has 0 amide bonds. The van der Waals surface area contributed by atoms with E-state index in [0.717, 1.165) is 37.1 Å². The van der Waals surface area contributed by atoms with Gasteiger partial charge in [-0.3, -0.25) is 4.98 Å². The van der Waals surface area contributed by atoms with Crippen LogP contribution in [0, 0.1) is 0 Å². The lowest BCUT2D eigenvalue weighted by Gasteiger charge is -2.44. The number of likely N-dealkylation sites (tertiary alicyclic amines) is 1. The van der Waals surface area contributed by atoms with E-state index in [1.54, 1.807) is 0 Å². The summed E-state index contributed by atoms with van der Waals surface area (Å²) in [5.41, 5.74) is 1.05. The maximum Gasteiger partial charge on any atom is 0.496 e. The lowest BCUT2D eigenvalue weighted by Crippen LogP contribution is -2.48. The summed E-state index contributed by atoms with van der Waals surface area (Å²) in [5, 5.41) is 0. The number of hydrogen-bond donors (Lipinski definition) is 0. The summed E-state index contributed by atoms with van der Waals surface area (Å²) in [5.74, 6) is 0. The highest BCUT2D eigenvalue weighted by Crippen LogP contribution is 2.39. The number of pyridine rings is 1. The van der Waals surface area contributed by atoms with Crippen molar-refractivity contribution in [3.05, 3.63) is 24.0 Å². The first kappa shape index (κ1) is 21.0. The third-order valence-corrected chi connectivity index (χ3v) is 7.08. The zero-order valence-corrected chi connectivity index (χ0v) is 19.3. The van der Waals surface area contributed by atoms with Crippen LogP contribution in [0.2, 0.25) is 19.6 Å². The highest BCUT2D eigenvalue weighted by molar-refractivity contribution is 6.69. The van der Waals surface area contributed by atoms with Gasteiger partial charge < -0.3 is 18.6 Å². The van der Waals surface area contributed by atoms with Crippen LogP contribution in [0.1, 0.15) is 46.2 Å². The molecule has 2 saturated heterocycles. The van der Waals surface area contributed by atoms with Gasteiger partial charge in [-0.2, -0.15) is 0 Å². The molecule has 1 aromatic rings. The lowest BCUT2D eigenvalue weighted by atomic mass is 9.79. The predicted molar refractivity (Wildman–Crippen MR) is 113 cm³/mol. The molecule has 2 aliphatic heterocycles. The zero-order chi connectivity index (χ0) is 20.1. The number of piperidine rings is 1. The Bertz CT molecular complexity index is 649. The van der Waals surface area contributed by atoms with Crippen molar-refractivity contribution in [1.29, 1.82) is 0 Å². The molecule has 7 heteroatoms. The van der Waals surface area contributed by atoms with Gasteiger partial charge in [0.2, 0.25) is 0 Å². The summed E-state index contributed by atoms with van der Waals surface area (Å²) in [6.45, 7) is 17.1. The SMILES string of the molecule is CN1CCC(O[Si](C)(C)C)(c2ccc(B3OC(C)(C)C(C)(C)O3)cn2)CC1. The van der Waals surface area contributed by atoms with Crippen molar-refractivity contribution in [2.75, 3.05) is 20.1 Å². The van der Waals surface area contributed by atoms with Gasteiger partial charge in [0.25, 0.3) is 0 Å². The molecule has 1 aromatic heterocycles. The van der Waals surface area contributed by atoms with Gasteiger partial charge in [0.15, 0.2) is 8.32 Å². The van der Waals surface area contributed by atoms with Gasteiger partial charge in [-0.05, 0) is 73.3 Å². The summed E-state index contributed by atoms with van der Waals surface area (Å²) in [6.07, 6.45) is 3.87. The molecular formula is C20H35BN2O3Si.